The summed E-state index contributed by atoms with van der Waals surface area (Å²) in [4.78, 5) is 39.0. The van der Waals surface area contributed by atoms with Gasteiger partial charge in [-0.3, -0.25) is 9.69 Å². The van der Waals surface area contributed by atoms with Crippen LogP contribution in [-0.4, -0.2) is 65.8 Å². The highest BCUT2D eigenvalue weighted by molar-refractivity contribution is 5.85. The summed E-state index contributed by atoms with van der Waals surface area (Å²) in [5.41, 5.74) is 0. The maximum atomic E-state index is 13.7. The summed E-state index contributed by atoms with van der Waals surface area (Å²) in [5, 5.41) is 7.90. The molecule has 2 atom stereocenters. The molecule has 9 nitrogen and oxygen atoms in total. The van der Waals surface area contributed by atoms with Gasteiger partial charge in [0.2, 0.25) is 5.91 Å². The van der Waals surface area contributed by atoms with E-state index in [0.717, 1.165) is 0 Å². The summed E-state index contributed by atoms with van der Waals surface area (Å²) in [6, 6.07) is 5.63. The van der Waals surface area contributed by atoms with Crippen molar-refractivity contribution >= 4 is 18.0 Å². The Bertz CT molecular complexity index is 783. The number of hydrogen-bond donors (Lipinski definition) is 3. The average molecular weight is 391 g/mol. The number of nitrogens with one attached hydrogen (secondary N) is 3. The van der Waals surface area contributed by atoms with Gasteiger partial charge < -0.3 is 25.6 Å². The number of hydrogen-bond acceptors (Lipinski definition) is 4. The zero-order valence-electron chi connectivity index (χ0n) is 15.2. The molecule has 0 unspecified atom stereocenters. The van der Waals surface area contributed by atoms with Gasteiger partial charge in [-0.15, -0.1) is 0 Å². The first-order valence-electron chi connectivity index (χ1n) is 9.34. The van der Waals surface area contributed by atoms with Crippen molar-refractivity contribution < 1.29 is 23.5 Å². The number of ether oxygens (including phenoxy) is 1. The predicted molar refractivity (Wildman–Crippen MR) is 95.7 cm³/mol. The van der Waals surface area contributed by atoms with Gasteiger partial charge >= 0.3 is 12.1 Å². The van der Waals surface area contributed by atoms with Crippen molar-refractivity contribution in [1.82, 2.24) is 25.8 Å². The topological polar surface area (TPSA) is 103 Å². The van der Waals surface area contributed by atoms with Crippen molar-refractivity contribution in [3.8, 4) is 5.75 Å². The first-order valence-corrected chi connectivity index (χ1v) is 9.34. The van der Waals surface area contributed by atoms with Gasteiger partial charge in [0.05, 0.1) is 0 Å². The molecule has 3 aliphatic heterocycles. The molecule has 0 saturated carbocycles. The van der Waals surface area contributed by atoms with Crippen LogP contribution in [0.4, 0.5) is 14.0 Å². The number of likely N-dealkylation sites (tertiary alicyclic amines) is 1. The van der Waals surface area contributed by atoms with Crippen molar-refractivity contribution in [2.75, 3.05) is 19.6 Å². The van der Waals surface area contributed by atoms with E-state index in [-0.39, 0.29) is 42.8 Å². The Morgan fingerprint density at radius 1 is 1.14 bits per heavy atom. The molecular formula is C18H22FN5O4. The number of rotatable bonds is 5. The molecular weight excluding hydrogens is 369 g/mol. The number of carbonyl (C=O) groups is 3. The maximum Gasteiger partial charge on any atom is 0.320 e. The molecule has 3 aliphatic rings. The van der Waals surface area contributed by atoms with E-state index < -0.39 is 18.1 Å². The van der Waals surface area contributed by atoms with Crippen molar-refractivity contribution in [1.29, 1.82) is 0 Å². The van der Waals surface area contributed by atoms with Crippen LogP contribution in [0.1, 0.15) is 19.3 Å². The number of nitrogens with zero attached hydrogens (tertiary/aromatic N) is 2. The van der Waals surface area contributed by atoms with Gasteiger partial charge in [-0.2, -0.15) is 0 Å². The third-order valence-electron chi connectivity index (χ3n) is 5.25. The Labute approximate surface area is 161 Å². The van der Waals surface area contributed by atoms with E-state index in [1.807, 2.05) is 0 Å². The van der Waals surface area contributed by atoms with Crippen LogP contribution in [0.5, 0.6) is 5.75 Å². The molecule has 0 bridgehead atoms. The van der Waals surface area contributed by atoms with E-state index in [0.29, 0.717) is 25.9 Å². The molecule has 3 fully saturated rings. The second-order valence-corrected chi connectivity index (χ2v) is 7.06. The van der Waals surface area contributed by atoms with Crippen LogP contribution in [0.2, 0.25) is 0 Å². The molecule has 1 aromatic rings. The van der Waals surface area contributed by atoms with Crippen LogP contribution >= 0.6 is 0 Å². The molecule has 3 saturated heterocycles. The molecule has 28 heavy (non-hydrogen) atoms. The molecule has 4 rings (SSSR count). The molecule has 0 spiro atoms. The van der Waals surface area contributed by atoms with E-state index in [1.165, 1.54) is 11.0 Å². The quantitative estimate of drug-likeness (QED) is 0.683. The van der Waals surface area contributed by atoms with Gasteiger partial charge in [0.15, 0.2) is 11.6 Å². The molecule has 3 N–H and O–H groups in total. The Morgan fingerprint density at radius 2 is 1.89 bits per heavy atom. The number of fused-ring (bicyclic) bond motifs is 1. The monoisotopic (exact) mass is 391 g/mol. The normalized spacial score (nSPS) is 24.5. The molecule has 0 radical (unpaired) electrons. The second-order valence-electron chi connectivity index (χ2n) is 7.06. The minimum Gasteiger partial charge on any atom is -0.487 e. The lowest BCUT2D eigenvalue weighted by Gasteiger charge is -2.32. The van der Waals surface area contributed by atoms with Crippen LogP contribution in [-0.2, 0) is 4.79 Å². The first kappa shape index (κ1) is 18.3. The fourth-order valence-electron chi connectivity index (χ4n) is 3.75. The number of carbonyl (C=O) groups excluding carboxylic acids is 3. The first-order chi connectivity index (χ1) is 13.5. The molecule has 10 heteroatoms. The third-order valence-corrected chi connectivity index (χ3v) is 5.25. The van der Waals surface area contributed by atoms with E-state index in [9.17, 15) is 18.8 Å². The van der Waals surface area contributed by atoms with Gasteiger partial charge in [0.1, 0.15) is 18.4 Å². The van der Waals surface area contributed by atoms with Gasteiger partial charge in [-0.05, 0) is 12.1 Å². The average Bonchev–Trinajstić information content (AvgIpc) is 3.17. The van der Waals surface area contributed by atoms with Gasteiger partial charge in [0, 0.05) is 38.9 Å². The number of benzene rings is 1. The number of urea groups is 2. The Balaban J connectivity index is 1.24. The Kier molecular flexibility index (Phi) is 4.93. The fraction of sp³-hybridized carbons (Fsp3) is 0.500. The third kappa shape index (κ3) is 3.67. The lowest BCUT2D eigenvalue weighted by molar-refractivity contribution is -0.133. The smallest absolute Gasteiger partial charge is 0.320 e. The molecule has 150 valence electrons. The SMILES string of the molecule is O=C1N[C@H]2NC(=O)N(CCC(=O)N3CCC(Oc4ccccc4F)CC3)[C@H]2N1. The molecule has 3 heterocycles. The van der Waals surface area contributed by atoms with Gasteiger partial charge in [0.25, 0.3) is 0 Å². The van der Waals surface area contributed by atoms with Crippen molar-refractivity contribution in [2.45, 2.75) is 37.7 Å². The molecule has 0 aromatic heterocycles. The lowest BCUT2D eigenvalue weighted by atomic mass is 10.1. The Morgan fingerprint density at radius 3 is 2.64 bits per heavy atom. The fourth-order valence-corrected chi connectivity index (χ4v) is 3.75. The van der Waals surface area contributed by atoms with Gasteiger partial charge in [-0.1, -0.05) is 12.1 Å². The second kappa shape index (κ2) is 7.53. The van der Waals surface area contributed by atoms with Crippen LogP contribution < -0.4 is 20.7 Å². The van der Waals surface area contributed by atoms with E-state index in [4.69, 9.17) is 4.74 Å². The van der Waals surface area contributed by atoms with Crippen LogP contribution in [0, 0.1) is 5.82 Å². The number of halogens is 1. The van der Waals surface area contributed by atoms with Crippen molar-refractivity contribution in [3.63, 3.8) is 0 Å². The summed E-state index contributed by atoms with van der Waals surface area (Å²) >= 11 is 0. The maximum absolute atomic E-state index is 13.7. The summed E-state index contributed by atoms with van der Waals surface area (Å²) in [6.45, 7) is 1.27. The van der Waals surface area contributed by atoms with E-state index in [1.54, 1.807) is 23.1 Å². The van der Waals surface area contributed by atoms with Crippen molar-refractivity contribution in [2.24, 2.45) is 0 Å². The minimum atomic E-state index is -0.479. The van der Waals surface area contributed by atoms with Crippen molar-refractivity contribution in [3.05, 3.63) is 30.1 Å². The van der Waals surface area contributed by atoms with Crippen LogP contribution in [0.25, 0.3) is 0 Å². The number of amides is 5. The zero-order chi connectivity index (χ0) is 19.7. The molecule has 1 aromatic carbocycles. The standard InChI is InChI=1S/C18H22FN5O4/c19-12-3-1-2-4-13(12)28-11-5-8-23(9-6-11)14(25)7-10-24-16-15(21-18(24)27)20-17(26)22-16/h1-4,11,15-16H,5-10H2,(H,21,27)(H2,20,22,26)/t15-,16+/m0/s1. The molecule has 5 amide bonds. The summed E-state index contributed by atoms with van der Waals surface area (Å²) < 4.78 is 19.4. The summed E-state index contributed by atoms with van der Waals surface area (Å²) in [7, 11) is 0. The summed E-state index contributed by atoms with van der Waals surface area (Å²) in [5.74, 6) is -0.219. The number of piperidine rings is 1. The largest absolute Gasteiger partial charge is 0.487 e. The van der Waals surface area contributed by atoms with Crippen LogP contribution in [0.3, 0.4) is 0 Å². The zero-order valence-corrected chi connectivity index (χ0v) is 15.2. The highest BCUT2D eigenvalue weighted by Gasteiger charge is 2.45. The van der Waals surface area contributed by atoms with Crippen LogP contribution in [0.15, 0.2) is 24.3 Å². The lowest BCUT2D eigenvalue weighted by Crippen LogP contribution is -2.46. The minimum absolute atomic E-state index is 0.0575. The molecule has 0 aliphatic carbocycles. The highest BCUT2D eigenvalue weighted by atomic mass is 19.1. The Hall–Kier alpha value is -3.04. The number of para-hydroxylation sites is 1. The van der Waals surface area contributed by atoms with E-state index >= 15 is 0 Å². The summed E-state index contributed by atoms with van der Waals surface area (Å²) in [6.07, 6.45) is 0.329. The highest BCUT2D eigenvalue weighted by Crippen LogP contribution is 2.22. The van der Waals surface area contributed by atoms with E-state index in [2.05, 4.69) is 16.0 Å². The van der Waals surface area contributed by atoms with Gasteiger partial charge in [-0.25, -0.2) is 14.0 Å². The predicted octanol–water partition coefficient (Wildman–Crippen LogP) is 0.576.